The molecule has 0 aliphatic heterocycles. The first-order valence-electron chi connectivity index (χ1n) is 10.0. The average Bonchev–Trinajstić information content (AvgIpc) is 2.79. The van der Waals surface area contributed by atoms with E-state index in [1.54, 1.807) is 62.4 Å². The summed E-state index contributed by atoms with van der Waals surface area (Å²) in [6.45, 7) is 3.57. The molecular weight excluding hydrogens is 384 g/mol. The molecule has 0 heterocycles. The van der Waals surface area contributed by atoms with Gasteiger partial charge in [0.05, 0.1) is 0 Å². The highest BCUT2D eigenvalue weighted by Crippen LogP contribution is 2.27. The molecule has 0 unspecified atom stereocenters. The Morgan fingerprint density at radius 3 is 1.17 bits per heavy atom. The Morgan fingerprint density at radius 2 is 0.900 bits per heavy atom. The molecule has 0 fully saturated rings. The van der Waals surface area contributed by atoms with Gasteiger partial charge in [0.15, 0.2) is 0 Å². The van der Waals surface area contributed by atoms with Crippen molar-refractivity contribution in [2.24, 2.45) is 0 Å². The van der Waals surface area contributed by atoms with Crippen LogP contribution in [-0.4, -0.2) is 55.1 Å². The lowest BCUT2D eigenvalue weighted by Crippen LogP contribution is -2.46. The minimum atomic E-state index is -1.93. The van der Waals surface area contributed by atoms with Crippen LogP contribution in [0.25, 0.3) is 11.1 Å². The molecule has 6 N–H and O–H groups in total. The third-order valence-electron chi connectivity index (χ3n) is 5.13. The summed E-state index contributed by atoms with van der Waals surface area (Å²) in [5.41, 5.74) is 2.14. The Bertz CT molecular complexity index is 786. The first-order valence-corrected chi connectivity index (χ1v) is 10.0. The summed E-state index contributed by atoms with van der Waals surface area (Å²) in [6.07, 6.45) is -6.81. The number of aliphatic hydroxyl groups is 6. The second kappa shape index (κ2) is 10.9. The quantitative estimate of drug-likeness (QED) is 0.351. The Kier molecular flexibility index (Phi) is 8.62. The molecule has 0 saturated heterocycles. The fraction of sp³-hybridized carbons (Fsp3) is 0.333. The molecule has 6 nitrogen and oxygen atoms in total. The molecule has 30 heavy (non-hydrogen) atoms. The largest absolute Gasteiger partial charge is 0.509 e. The van der Waals surface area contributed by atoms with Gasteiger partial charge in [0.1, 0.15) is 35.9 Å². The smallest absolute Gasteiger partial charge is 0.139 e. The molecule has 0 bridgehead atoms. The van der Waals surface area contributed by atoms with E-state index in [2.05, 4.69) is 0 Å². The molecule has 0 aliphatic carbocycles. The van der Waals surface area contributed by atoms with Crippen molar-refractivity contribution in [3.8, 4) is 0 Å². The van der Waals surface area contributed by atoms with E-state index >= 15 is 0 Å². The maximum absolute atomic E-state index is 10.5. The molecule has 0 radical (unpaired) electrons. The first kappa shape index (κ1) is 23.6. The molecule has 2 aromatic rings. The van der Waals surface area contributed by atoms with Crippen LogP contribution in [0.3, 0.4) is 0 Å². The second-order valence-electron chi connectivity index (χ2n) is 7.04. The molecule has 0 saturated carbocycles. The van der Waals surface area contributed by atoms with E-state index in [1.807, 2.05) is 12.1 Å². The van der Waals surface area contributed by atoms with Gasteiger partial charge in [-0.25, -0.2) is 0 Å². The van der Waals surface area contributed by atoms with Crippen LogP contribution in [0.4, 0.5) is 0 Å². The fourth-order valence-corrected chi connectivity index (χ4v) is 3.40. The lowest BCUT2D eigenvalue weighted by atomic mass is 9.92. The van der Waals surface area contributed by atoms with Gasteiger partial charge in [-0.15, -0.1) is 0 Å². The van der Waals surface area contributed by atoms with Crippen molar-refractivity contribution in [1.29, 1.82) is 0 Å². The van der Waals surface area contributed by atoms with Crippen molar-refractivity contribution in [3.05, 3.63) is 83.3 Å². The van der Waals surface area contributed by atoms with E-state index < -0.39 is 35.9 Å². The zero-order valence-corrected chi connectivity index (χ0v) is 17.2. The Labute approximate surface area is 176 Å². The van der Waals surface area contributed by atoms with Gasteiger partial charge in [0, 0.05) is 0 Å². The van der Waals surface area contributed by atoms with Crippen LogP contribution in [0.1, 0.15) is 37.8 Å². The minimum absolute atomic E-state index is 0.372. The number of rotatable bonds is 9. The highest BCUT2D eigenvalue weighted by Gasteiger charge is 2.36. The van der Waals surface area contributed by atoms with Crippen molar-refractivity contribution in [1.82, 2.24) is 0 Å². The third kappa shape index (κ3) is 5.29. The first-order chi connectivity index (χ1) is 14.3. The summed E-state index contributed by atoms with van der Waals surface area (Å²) in [4.78, 5) is 0. The number of hydrogen-bond donors (Lipinski definition) is 6. The van der Waals surface area contributed by atoms with Gasteiger partial charge in [-0.3, -0.25) is 0 Å². The summed E-state index contributed by atoms with van der Waals surface area (Å²) < 4.78 is 0. The zero-order chi connectivity index (χ0) is 22.3. The summed E-state index contributed by atoms with van der Waals surface area (Å²) >= 11 is 0. The molecule has 4 atom stereocenters. The van der Waals surface area contributed by atoms with Gasteiger partial charge in [-0.1, -0.05) is 74.5 Å². The lowest BCUT2D eigenvalue weighted by molar-refractivity contribution is -0.1000. The van der Waals surface area contributed by atoms with Crippen LogP contribution < -0.4 is 0 Å². The van der Waals surface area contributed by atoms with E-state index in [1.165, 1.54) is 0 Å². The van der Waals surface area contributed by atoms with Gasteiger partial charge in [-0.05, 0) is 35.1 Å². The summed E-state index contributed by atoms with van der Waals surface area (Å²) in [6, 6.07) is 17.7. The van der Waals surface area contributed by atoms with Crippen LogP contribution in [0, 0.1) is 0 Å². The predicted molar refractivity (Wildman–Crippen MR) is 117 cm³/mol. The van der Waals surface area contributed by atoms with Gasteiger partial charge >= 0.3 is 0 Å². The topological polar surface area (TPSA) is 121 Å². The van der Waals surface area contributed by atoms with Crippen molar-refractivity contribution in [2.45, 2.75) is 51.1 Å². The fourth-order valence-electron chi connectivity index (χ4n) is 3.40. The van der Waals surface area contributed by atoms with E-state index in [0.717, 1.165) is 0 Å². The van der Waals surface area contributed by atoms with E-state index in [-0.39, 0.29) is 0 Å². The number of benzene rings is 2. The Morgan fingerprint density at radius 1 is 0.600 bits per heavy atom. The van der Waals surface area contributed by atoms with Crippen LogP contribution in [0.5, 0.6) is 0 Å². The number of hydrogen-bond acceptors (Lipinski definition) is 6. The van der Waals surface area contributed by atoms with Crippen molar-refractivity contribution in [3.63, 3.8) is 0 Å². The number of aliphatic hydroxyl groups excluding tert-OH is 6. The Balaban J connectivity index is 2.29. The molecule has 0 spiro atoms. The van der Waals surface area contributed by atoms with Gasteiger partial charge in [0.25, 0.3) is 0 Å². The normalized spacial score (nSPS) is 17.4. The van der Waals surface area contributed by atoms with Gasteiger partial charge in [-0.2, -0.15) is 0 Å². The highest BCUT2D eigenvalue weighted by atomic mass is 16.4. The molecule has 6 heteroatoms. The molecule has 0 amide bonds. The summed E-state index contributed by atoms with van der Waals surface area (Å²) in [7, 11) is 0. The Hall–Kier alpha value is -2.64. The van der Waals surface area contributed by atoms with Crippen LogP contribution in [0.2, 0.25) is 0 Å². The maximum atomic E-state index is 10.5. The molecule has 0 aliphatic rings. The third-order valence-corrected chi connectivity index (χ3v) is 5.13. The van der Waals surface area contributed by atoms with Crippen molar-refractivity contribution < 1.29 is 30.6 Å². The van der Waals surface area contributed by atoms with Gasteiger partial charge in [0.2, 0.25) is 0 Å². The van der Waals surface area contributed by atoms with Crippen molar-refractivity contribution >= 4 is 11.1 Å². The highest BCUT2D eigenvalue weighted by molar-refractivity contribution is 5.68. The zero-order valence-electron chi connectivity index (χ0n) is 17.2. The lowest BCUT2D eigenvalue weighted by Gasteiger charge is -2.28. The second-order valence-corrected chi connectivity index (χ2v) is 7.04. The molecular formula is C24H30O6. The van der Waals surface area contributed by atoms with E-state index in [9.17, 15) is 30.6 Å². The molecule has 162 valence electrons. The molecule has 2 aromatic carbocycles. The van der Waals surface area contributed by atoms with Gasteiger partial charge < -0.3 is 30.6 Å². The minimum Gasteiger partial charge on any atom is -0.509 e. The van der Waals surface area contributed by atoms with Crippen LogP contribution in [-0.2, 0) is 0 Å². The van der Waals surface area contributed by atoms with Crippen molar-refractivity contribution in [2.75, 3.05) is 0 Å². The molecule has 2 rings (SSSR count). The summed E-state index contributed by atoms with van der Waals surface area (Å²) in [5.74, 6) is -0.991. The summed E-state index contributed by atoms with van der Waals surface area (Å²) in [5, 5.41) is 62.7. The monoisotopic (exact) mass is 414 g/mol. The van der Waals surface area contributed by atoms with E-state index in [4.69, 9.17) is 0 Å². The van der Waals surface area contributed by atoms with Crippen LogP contribution >= 0.6 is 0 Å². The molecule has 0 aromatic heterocycles. The standard InChI is InChI=1S/C24H30O6/c1-3-17(15-11-7-5-8-12-15)19(25)21(27)23(29)24(30)22(28)20(26)18(4-2)16-13-9-6-10-14-16/h5-14,21-30H,3-4H2,1-2H3/t21-,22+,23-,24-/m1/s1. The maximum Gasteiger partial charge on any atom is 0.139 e. The SMILES string of the molecule is CCC(=C(O)[C@@H](O)[C@@H](O)[C@H](O)[C@@H](O)C(O)=C(CC)c1ccccc1)c1ccccc1. The van der Waals surface area contributed by atoms with Crippen LogP contribution in [0.15, 0.2) is 72.2 Å². The van der Waals surface area contributed by atoms with E-state index in [0.29, 0.717) is 35.1 Å². The predicted octanol–water partition coefficient (Wildman–Crippen LogP) is 3.19. The number of allylic oxidation sites excluding steroid dienone is 2. The average molecular weight is 414 g/mol.